The summed E-state index contributed by atoms with van der Waals surface area (Å²) < 4.78 is 5.60. The van der Waals surface area contributed by atoms with Gasteiger partial charge in [0.1, 0.15) is 5.75 Å². The molecule has 1 N–H and O–H groups in total. The smallest absolute Gasteiger partial charge is 0.255 e. The Morgan fingerprint density at radius 2 is 1.91 bits per heavy atom. The second-order valence-electron chi connectivity index (χ2n) is 5.73. The number of rotatable bonds is 7. The van der Waals surface area contributed by atoms with Crippen LogP contribution in [-0.2, 0) is 0 Å². The van der Waals surface area contributed by atoms with E-state index >= 15 is 0 Å². The van der Waals surface area contributed by atoms with E-state index in [4.69, 9.17) is 4.74 Å². The monoisotopic (exact) mass is 311 g/mol. The zero-order valence-corrected chi connectivity index (χ0v) is 14.1. The van der Waals surface area contributed by atoms with Gasteiger partial charge in [-0.3, -0.25) is 4.79 Å². The van der Waals surface area contributed by atoms with Crippen molar-refractivity contribution in [2.24, 2.45) is 0 Å². The van der Waals surface area contributed by atoms with Crippen molar-refractivity contribution in [2.75, 3.05) is 11.9 Å². The minimum Gasteiger partial charge on any atom is -0.494 e. The fraction of sp³-hybridized carbons (Fsp3) is 0.350. The van der Waals surface area contributed by atoms with E-state index in [0.29, 0.717) is 18.1 Å². The van der Waals surface area contributed by atoms with Crippen molar-refractivity contribution in [3.05, 3.63) is 59.7 Å². The SMILES string of the molecule is CCCOc1cccc(C(=O)Nc2ccccc2[C@H](C)CC)c1. The van der Waals surface area contributed by atoms with E-state index in [1.807, 2.05) is 30.3 Å². The van der Waals surface area contributed by atoms with Crippen LogP contribution in [0.1, 0.15) is 55.5 Å². The molecule has 122 valence electrons. The molecule has 0 spiro atoms. The van der Waals surface area contributed by atoms with Gasteiger partial charge in [-0.15, -0.1) is 0 Å². The zero-order chi connectivity index (χ0) is 16.7. The number of hydrogen-bond donors (Lipinski definition) is 1. The Balaban J connectivity index is 2.16. The maximum atomic E-state index is 12.5. The Morgan fingerprint density at radius 3 is 2.65 bits per heavy atom. The molecule has 0 bridgehead atoms. The van der Waals surface area contributed by atoms with Gasteiger partial charge in [-0.05, 0) is 48.6 Å². The molecular formula is C20H25NO2. The summed E-state index contributed by atoms with van der Waals surface area (Å²) in [6, 6.07) is 15.3. The molecule has 0 heterocycles. The molecule has 0 saturated heterocycles. The van der Waals surface area contributed by atoms with Crippen LogP contribution in [-0.4, -0.2) is 12.5 Å². The summed E-state index contributed by atoms with van der Waals surface area (Å²) >= 11 is 0. The third-order valence-corrected chi connectivity index (χ3v) is 3.92. The van der Waals surface area contributed by atoms with Crippen LogP contribution in [0.15, 0.2) is 48.5 Å². The van der Waals surface area contributed by atoms with E-state index in [0.717, 1.165) is 24.3 Å². The lowest BCUT2D eigenvalue weighted by Gasteiger charge is -2.16. The second-order valence-corrected chi connectivity index (χ2v) is 5.73. The molecule has 0 aliphatic heterocycles. The van der Waals surface area contributed by atoms with Crippen molar-refractivity contribution >= 4 is 11.6 Å². The molecule has 2 rings (SSSR count). The Morgan fingerprint density at radius 1 is 1.13 bits per heavy atom. The Hall–Kier alpha value is -2.29. The van der Waals surface area contributed by atoms with Crippen molar-refractivity contribution in [3.63, 3.8) is 0 Å². The van der Waals surface area contributed by atoms with E-state index in [-0.39, 0.29) is 5.91 Å². The lowest BCUT2D eigenvalue weighted by molar-refractivity contribution is 0.102. The van der Waals surface area contributed by atoms with Crippen molar-refractivity contribution < 1.29 is 9.53 Å². The number of anilines is 1. The highest BCUT2D eigenvalue weighted by molar-refractivity contribution is 6.04. The fourth-order valence-electron chi connectivity index (χ4n) is 2.40. The summed E-state index contributed by atoms with van der Waals surface area (Å²) in [7, 11) is 0. The number of nitrogens with one attached hydrogen (secondary N) is 1. The van der Waals surface area contributed by atoms with Crippen LogP contribution in [0.5, 0.6) is 5.75 Å². The van der Waals surface area contributed by atoms with Gasteiger partial charge in [0.2, 0.25) is 0 Å². The van der Waals surface area contributed by atoms with Crippen LogP contribution >= 0.6 is 0 Å². The van der Waals surface area contributed by atoms with E-state index < -0.39 is 0 Å². The number of para-hydroxylation sites is 1. The van der Waals surface area contributed by atoms with Crippen molar-refractivity contribution in [3.8, 4) is 5.75 Å². The van der Waals surface area contributed by atoms with Gasteiger partial charge in [0, 0.05) is 11.3 Å². The first-order valence-corrected chi connectivity index (χ1v) is 8.28. The second kappa shape index (κ2) is 8.37. The lowest BCUT2D eigenvalue weighted by atomic mass is 9.97. The molecule has 1 atom stereocenters. The van der Waals surface area contributed by atoms with Gasteiger partial charge in [0.15, 0.2) is 0 Å². The van der Waals surface area contributed by atoms with Crippen LogP contribution < -0.4 is 10.1 Å². The van der Waals surface area contributed by atoms with E-state index in [1.54, 1.807) is 12.1 Å². The van der Waals surface area contributed by atoms with Gasteiger partial charge in [-0.2, -0.15) is 0 Å². The minimum absolute atomic E-state index is 0.109. The first-order chi connectivity index (χ1) is 11.2. The van der Waals surface area contributed by atoms with Crippen LogP contribution in [0.4, 0.5) is 5.69 Å². The summed E-state index contributed by atoms with van der Waals surface area (Å²) in [5.74, 6) is 1.03. The number of benzene rings is 2. The number of ether oxygens (including phenoxy) is 1. The molecule has 0 aromatic heterocycles. The normalized spacial score (nSPS) is 11.8. The van der Waals surface area contributed by atoms with Gasteiger partial charge in [-0.1, -0.05) is 45.0 Å². The summed E-state index contributed by atoms with van der Waals surface area (Å²) in [6.45, 7) is 7.03. The molecule has 3 nitrogen and oxygen atoms in total. The Kier molecular flexibility index (Phi) is 6.21. The molecule has 3 heteroatoms. The first kappa shape index (κ1) is 17.1. The van der Waals surface area contributed by atoms with Gasteiger partial charge in [-0.25, -0.2) is 0 Å². The molecule has 1 amide bonds. The van der Waals surface area contributed by atoms with Crippen LogP contribution in [0.3, 0.4) is 0 Å². The predicted molar refractivity (Wildman–Crippen MR) is 95.3 cm³/mol. The van der Waals surface area contributed by atoms with Gasteiger partial charge in [0.25, 0.3) is 5.91 Å². The number of hydrogen-bond acceptors (Lipinski definition) is 2. The topological polar surface area (TPSA) is 38.3 Å². The molecule has 2 aromatic rings. The number of carbonyl (C=O) groups excluding carboxylic acids is 1. The van der Waals surface area contributed by atoms with Crippen molar-refractivity contribution in [1.82, 2.24) is 0 Å². The highest BCUT2D eigenvalue weighted by Gasteiger charge is 2.12. The van der Waals surface area contributed by atoms with Gasteiger partial charge in [0.05, 0.1) is 6.61 Å². The molecule has 0 unspecified atom stereocenters. The third kappa shape index (κ3) is 4.59. The minimum atomic E-state index is -0.109. The molecule has 0 saturated carbocycles. The zero-order valence-electron chi connectivity index (χ0n) is 14.1. The molecule has 2 aromatic carbocycles. The van der Waals surface area contributed by atoms with Crippen LogP contribution in [0.2, 0.25) is 0 Å². The first-order valence-electron chi connectivity index (χ1n) is 8.28. The number of carbonyl (C=O) groups is 1. The lowest BCUT2D eigenvalue weighted by Crippen LogP contribution is -2.14. The fourth-order valence-corrected chi connectivity index (χ4v) is 2.40. The largest absolute Gasteiger partial charge is 0.494 e. The van der Waals surface area contributed by atoms with Crippen LogP contribution in [0.25, 0.3) is 0 Å². The molecular weight excluding hydrogens is 286 g/mol. The molecule has 0 radical (unpaired) electrons. The average Bonchev–Trinajstić information content (AvgIpc) is 2.60. The van der Waals surface area contributed by atoms with Gasteiger partial charge >= 0.3 is 0 Å². The van der Waals surface area contributed by atoms with Crippen LogP contribution in [0, 0.1) is 0 Å². The third-order valence-electron chi connectivity index (χ3n) is 3.92. The van der Waals surface area contributed by atoms with E-state index in [2.05, 4.69) is 32.2 Å². The summed E-state index contributed by atoms with van der Waals surface area (Å²) in [5, 5.41) is 3.03. The highest BCUT2D eigenvalue weighted by Crippen LogP contribution is 2.27. The predicted octanol–water partition coefficient (Wildman–Crippen LogP) is 5.24. The Bertz CT molecular complexity index is 652. The summed E-state index contributed by atoms with van der Waals surface area (Å²) in [4.78, 5) is 12.5. The quantitative estimate of drug-likeness (QED) is 0.759. The highest BCUT2D eigenvalue weighted by atomic mass is 16.5. The van der Waals surface area contributed by atoms with Gasteiger partial charge < -0.3 is 10.1 Å². The maximum absolute atomic E-state index is 12.5. The molecule has 0 fully saturated rings. The summed E-state index contributed by atoms with van der Waals surface area (Å²) in [5.41, 5.74) is 2.66. The van der Waals surface area contributed by atoms with Crippen molar-refractivity contribution in [2.45, 2.75) is 39.5 Å². The molecule has 23 heavy (non-hydrogen) atoms. The van der Waals surface area contributed by atoms with E-state index in [1.165, 1.54) is 5.56 Å². The number of amides is 1. The Labute approximate surface area is 138 Å². The maximum Gasteiger partial charge on any atom is 0.255 e. The average molecular weight is 311 g/mol. The summed E-state index contributed by atoms with van der Waals surface area (Å²) in [6.07, 6.45) is 1.98. The molecule has 0 aliphatic carbocycles. The molecule has 0 aliphatic rings. The van der Waals surface area contributed by atoms with E-state index in [9.17, 15) is 4.79 Å². The van der Waals surface area contributed by atoms with Crippen molar-refractivity contribution in [1.29, 1.82) is 0 Å². The standard InChI is InChI=1S/C20H25NO2/c1-4-13-23-17-10-8-9-16(14-17)20(22)21-19-12-7-6-11-18(19)15(3)5-2/h6-12,14-15H,4-5,13H2,1-3H3,(H,21,22)/t15-/m1/s1.